The lowest BCUT2D eigenvalue weighted by atomic mass is 10.1. The highest BCUT2D eigenvalue weighted by Crippen LogP contribution is 2.22. The maximum Gasteiger partial charge on any atom is 0.303 e. The van der Waals surface area contributed by atoms with Crippen molar-refractivity contribution in [1.82, 2.24) is 14.9 Å². The largest absolute Gasteiger partial charge is 0.447 e. The molecule has 1 atom stereocenters. The first-order valence-electron chi connectivity index (χ1n) is 8.85. The maximum absolute atomic E-state index is 13.0. The van der Waals surface area contributed by atoms with Crippen molar-refractivity contribution in [3.8, 4) is 0 Å². The topological polar surface area (TPSA) is 102 Å². The predicted octanol–water partition coefficient (Wildman–Crippen LogP) is 0.888. The first kappa shape index (κ1) is 18.8. The zero-order valence-corrected chi connectivity index (χ0v) is 15.2. The molecular formula is C19H23N5O3. The Bertz CT molecular complexity index is 791. The molecule has 1 fully saturated rings. The van der Waals surface area contributed by atoms with Gasteiger partial charge in [0.15, 0.2) is 0 Å². The molecule has 0 bridgehead atoms. The fourth-order valence-electron chi connectivity index (χ4n) is 3.05. The Balaban J connectivity index is 1.68. The van der Waals surface area contributed by atoms with Crippen LogP contribution in [0.5, 0.6) is 0 Å². The van der Waals surface area contributed by atoms with Gasteiger partial charge in [-0.25, -0.2) is 9.97 Å². The number of ether oxygens (including phenoxy) is 1. The van der Waals surface area contributed by atoms with Gasteiger partial charge < -0.3 is 20.3 Å². The van der Waals surface area contributed by atoms with Crippen molar-refractivity contribution in [3.05, 3.63) is 54.0 Å². The van der Waals surface area contributed by atoms with Crippen molar-refractivity contribution < 1.29 is 14.3 Å². The SMILES string of the molecule is CC(=O)OC(C(=O)N1CCN(c2cc(CN)ncn2)CC1)c1ccccc1. The van der Waals surface area contributed by atoms with Crippen LogP contribution in [0.2, 0.25) is 0 Å². The number of hydrogen-bond acceptors (Lipinski definition) is 7. The minimum atomic E-state index is -0.918. The molecule has 0 aliphatic carbocycles. The maximum atomic E-state index is 13.0. The average Bonchev–Trinajstić information content (AvgIpc) is 2.72. The van der Waals surface area contributed by atoms with Crippen molar-refractivity contribution >= 4 is 17.7 Å². The highest BCUT2D eigenvalue weighted by molar-refractivity contribution is 5.85. The van der Waals surface area contributed by atoms with Gasteiger partial charge in [0.25, 0.3) is 5.91 Å². The van der Waals surface area contributed by atoms with E-state index in [0.717, 1.165) is 11.5 Å². The monoisotopic (exact) mass is 369 g/mol. The first-order chi connectivity index (χ1) is 13.1. The second kappa shape index (κ2) is 8.59. The van der Waals surface area contributed by atoms with Gasteiger partial charge in [-0.2, -0.15) is 0 Å². The van der Waals surface area contributed by atoms with E-state index in [9.17, 15) is 9.59 Å². The number of rotatable bonds is 5. The molecule has 2 N–H and O–H groups in total. The van der Waals surface area contributed by atoms with Crippen LogP contribution in [-0.2, 0) is 20.9 Å². The van der Waals surface area contributed by atoms with Crippen LogP contribution in [0.3, 0.4) is 0 Å². The van der Waals surface area contributed by atoms with Crippen molar-refractivity contribution in [1.29, 1.82) is 0 Å². The van der Waals surface area contributed by atoms with Crippen LogP contribution in [0.4, 0.5) is 5.82 Å². The van der Waals surface area contributed by atoms with Gasteiger partial charge in [0, 0.05) is 51.3 Å². The highest BCUT2D eigenvalue weighted by atomic mass is 16.5. The number of piperazine rings is 1. The third-order valence-electron chi connectivity index (χ3n) is 4.44. The Labute approximate surface area is 158 Å². The number of carbonyl (C=O) groups excluding carboxylic acids is 2. The van der Waals surface area contributed by atoms with Gasteiger partial charge >= 0.3 is 5.97 Å². The normalized spacial score (nSPS) is 15.3. The zero-order valence-electron chi connectivity index (χ0n) is 15.2. The number of anilines is 1. The molecule has 1 saturated heterocycles. The summed E-state index contributed by atoms with van der Waals surface area (Å²) in [5, 5.41) is 0. The number of esters is 1. The molecular weight excluding hydrogens is 346 g/mol. The van der Waals surface area contributed by atoms with Crippen LogP contribution in [0.25, 0.3) is 0 Å². The smallest absolute Gasteiger partial charge is 0.303 e. The Hall–Kier alpha value is -3.00. The molecule has 8 heteroatoms. The first-order valence-corrected chi connectivity index (χ1v) is 8.85. The summed E-state index contributed by atoms with van der Waals surface area (Å²) < 4.78 is 5.31. The summed E-state index contributed by atoms with van der Waals surface area (Å²) in [6.07, 6.45) is 0.583. The number of benzene rings is 1. The van der Waals surface area contributed by atoms with Crippen molar-refractivity contribution in [2.24, 2.45) is 5.73 Å². The molecule has 1 aromatic heterocycles. The molecule has 8 nitrogen and oxygen atoms in total. The molecule has 2 aromatic rings. The van der Waals surface area contributed by atoms with Gasteiger partial charge in [0.05, 0.1) is 5.69 Å². The fraction of sp³-hybridized carbons (Fsp3) is 0.368. The molecule has 1 amide bonds. The number of amides is 1. The fourth-order valence-corrected chi connectivity index (χ4v) is 3.05. The van der Waals surface area contributed by atoms with E-state index in [1.807, 2.05) is 24.3 Å². The lowest BCUT2D eigenvalue weighted by molar-refractivity contribution is -0.159. The van der Waals surface area contributed by atoms with Crippen LogP contribution >= 0.6 is 0 Å². The van der Waals surface area contributed by atoms with Gasteiger partial charge in [-0.3, -0.25) is 9.59 Å². The quantitative estimate of drug-likeness (QED) is 0.781. The molecule has 142 valence electrons. The third-order valence-corrected chi connectivity index (χ3v) is 4.44. The molecule has 2 heterocycles. The standard InChI is InChI=1S/C19H23N5O3/c1-14(25)27-18(15-5-3-2-4-6-15)19(26)24-9-7-23(8-10-24)17-11-16(12-20)21-13-22-17/h2-6,11,13,18H,7-10,12,20H2,1H3. The number of aromatic nitrogens is 2. The number of carbonyl (C=O) groups is 2. The molecule has 1 aliphatic rings. The van der Waals surface area contributed by atoms with E-state index in [1.165, 1.54) is 13.3 Å². The summed E-state index contributed by atoms with van der Waals surface area (Å²) in [7, 11) is 0. The molecule has 0 spiro atoms. The Kier molecular flexibility index (Phi) is 5.97. The molecule has 0 radical (unpaired) electrons. The second-order valence-electron chi connectivity index (χ2n) is 6.28. The highest BCUT2D eigenvalue weighted by Gasteiger charge is 2.31. The molecule has 1 aromatic carbocycles. The van der Waals surface area contributed by atoms with Crippen molar-refractivity contribution in [2.45, 2.75) is 19.6 Å². The lowest BCUT2D eigenvalue weighted by Crippen LogP contribution is -2.50. The minimum Gasteiger partial charge on any atom is -0.447 e. The Morgan fingerprint density at radius 1 is 1.15 bits per heavy atom. The summed E-state index contributed by atoms with van der Waals surface area (Å²) in [4.78, 5) is 36.7. The van der Waals surface area contributed by atoms with Crippen LogP contribution in [-0.4, -0.2) is 52.9 Å². The minimum absolute atomic E-state index is 0.207. The number of hydrogen-bond donors (Lipinski definition) is 1. The Morgan fingerprint density at radius 2 is 1.85 bits per heavy atom. The summed E-state index contributed by atoms with van der Waals surface area (Å²) in [6, 6.07) is 10.9. The van der Waals surface area contributed by atoms with E-state index in [2.05, 4.69) is 14.9 Å². The van der Waals surface area contributed by atoms with E-state index in [1.54, 1.807) is 17.0 Å². The van der Waals surface area contributed by atoms with Crippen LogP contribution in [0.15, 0.2) is 42.7 Å². The summed E-state index contributed by atoms with van der Waals surface area (Å²) in [5.74, 6) is 0.115. The summed E-state index contributed by atoms with van der Waals surface area (Å²) in [5.41, 5.74) is 7.08. The van der Waals surface area contributed by atoms with E-state index < -0.39 is 12.1 Å². The lowest BCUT2D eigenvalue weighted by Gasteiger charge is -2.36. The van der Waals surface area contributed by atoms with Gasteiger partial charge in [-0.15, -0.1) is 0 Å². The van der Waals surface area contributed by atoms with Crippen molar-refractivity contribution in [3.63, 3.8) is 0 Å². The molecule has 1 unspecified atom stereocenters. The van der Waals surface area contributed by atoms with Crippen LogP contribution in [0.1, 0.15) is 24.3 Å². The number of nitrogens with two attached hydrogens (primary N) is 1. The van der Waals surface area contributed by atoms with E-state index in [-0.39, 0.29) is 5.91 Å². The molecule has 27 heavy (non-hydrogen) atoms. The molecule has 0 saturated carbocycles. The summed E-state index contributed by atoms with van der Waals surface area (Å²) in [6.45, 7) is 3.97. The van der Waals surface area contributed by atoms with E-state index in [0.29, 0.717) is 38.3 Å². The van der Waals surface area contributed by atoms with Gasteiger partial charge in [0.1, 0.15) is 12.1 Å². The third kappa shape index (κ3) is 4.59. The summed E-state index contributed by atoms with van der Waals surface area (Å²) >= 11 is 0. The Morgan fingerprint density at radius 3 is 2.48 bits per heavy atom. The van der Waals surface area contributed by atoms with Gasteiger partial charge in [-0.05, 0) is 0 Å². The van der Waals surface area contributed by atoms with E-state index >= 15 is 0 Å². The van der Waals surface area contributed by atoms with Gasteiger partial charge in [0.2, 0.25) is 6.10 Å². The zero-order chi connectivity index (χ0) is 19.2. The van der Waals surface area contributed by atoms with E-state index in [4.69, 9.17) is 10.5 Å². The molecule has 3 rings (SSSR count). The predicted molar refractivity (Wildman–Crippen MR) is 99.7 cm³/mol. The van der Waals surface area contributed by atoms with Crippen LogP contribution in [0, 0.1) is 0 Å². The van der Waals surface area contributed by atoms with Gasteiger partial charge in [-0.1, -0.05) is 30.3 Å². The number of nitrogens with zero attached hydrogens (tertiary/aromatic N) is 4. The molecule has 1 aliphatic heterocycles. The second-order valence-corrected chi connectivity index (χ2v) is 6.28. The average molecular weight is 369 g/mol. The van der Waals surface area contributed by atoms with Crippen LogP contribution < -0.4 is 10.6 Å². The van der Waals surface area contributed by atoms with Crippen molar-refractivity contribution in [2.75, 3.05) is 31.1 Å².